The minimum Gasteiger partial charge on any atom is -0.494 e. The summed E-state index contributed by atoms with van der Waals surface area (Å²) < 4.78 is 12.1. The molecule has 9 nitrogen and oxygen atoms in total. The third kappa shape index (κ3) is 5.34. The number of halogens is 2. The molecule has 3 aromatic heterocycles. The van der Waals surface area contributed by atoms with Crippen LogP contribution in [0.5, 0.6) is 5.75 Å². The van der Waals surface area contributed by atoms with Crippen molar-refractivity contribution < 1.29 is 19.4 Å². The number of fused-ring (bicyclic) bond motifs is 4. The highest BCUT2D eigenvalue weighted by atomic mass is 35.5. The van der Waals surface area contributed by atoms with Crippen LogP contribution in [0.4, 0.5) is 5.82 Å². The lowest BCUT2D eigenvalue weighted by Crippen LogP contribution is -2.43. The number of hydrogen-bond acceptors (Lipinski definition) is 4. The molecule has 258 valence electrons. The van der Waals surface area contributed by atoms with Gasteiger partial charge in [-0.3, -0.25) is 14.4 Å². The van der Waals surface area contributed by atoms with Crippen LogP contribution in [0.1, 0.15) is 68.3 Å². The van der Waals surface area contributed by atoms with Gasteiger partial charge >= 0.3 is 5.97 Å². The molecule has 0 aliphatic carbocycles. The van der Waals surface area contributed by atoms with E-state index >= 15 is 0 Å². The van der Waals surface area contributed by atoms with E-state index in [-0.39, 0.29) is 17.5 Å². The number of rotatable bonds is 8. The molecule has 0 spiro atoms. The summed E-state index contributed by atoms with van der Waals surface area (Å²) >= 11 is 13.5. The summed E-state index contributed by atoms with van der Waals surface area (Å²) in [6.07, 6.45) is 1.27. The third-order valence-electron chi connectivity index (χ3n) is 10.1. The first kappa shape index (κ1) is 33.8. The smallest absolute Gasteiger partial charge is 0.335 e. The molecule has 1 atom stereocenters. The largest absolute Gasteiger partial charge is 0.494 e. The van der Waals surface area contributed by atoms with E-state index in [1.54, 1.807) is 18.2 Å². The van der Waals surface area contributed by atoms with Gasteiger partial charge in [0.25, 0.3) is 5.91 Å². The van der Waals surface area contributed by atoms with Gasteiger partial charge < -0.3 is 19.0 Å². The van der Waals surface area contributed by atoms with E-state index in [1.807, 2.05) is 86.3 Å². The van der Waals surface area contributed by atoms with Gasteiger partial charge in [-0.25, -0.2) is 4.79 Å². The number of carbonyl (C=O) groups excluding carboxylic acids is 1. The van der Waals surface area contributed by atoms with Crippen LogP contribution in [0, 0.1) is 27.7 Å². The number of aromatic carboxylic acids is 1. The Labute approximate surface area is 300 Å². The number of carboxylic acid groups (broad SMARTS) is 1. The second kappa shape index (κ2) is 12.5. The maximum Gasteiger partial charge on any atom is 0.335 e. The van der Waals surface area contributed by atoms with Crippen LogP contribution in [-0.2, 0) is 20.5 Å². The van der Waals surface area contributed by atoms with Crippen molar-refractivity contribution in [2.75, 3.05) is 18.1 Å². The fourth-order valence-corrected chi connectivity index (χ4v) is 7.99. The zero-order valence-electron chi connectivity index (χ0n) is 29.2. The van der Waals surface area contributed by atoms with E-state index in [0.717, 1.165) is 71.8 Å². The molecular weight excluding hydrogens is 673 g/mol. The molecule has 0 saturated carbocycles. The predicted octanol–water partition coefficient (Wildman–Crippen LogP) is 9.01. The highest BCUT2D eigenvalue weighted by Crippen LogP contribution is 2.45. The van der Waals surface area contributed by atoms with Gasteiger partial charge in [0.05, 0.1) is 33.9 Å². The Kier molecular flexibility index (Phi) is 8.47. The lowest BCUT2D eigenvalue weighted by Gasteiger charge is -2.34. The third-order valence-corrected chi connectivity index (χ3v) is 11.0. The standard InChI is InChI=1S/C39H39Cl2N5O4/c1-20-15-27(16-21(2)35(20)41)50-14-8-9-28-29-12-13-30(40)34(33-23(4)42-44(7)24(33)5)36(29)46-22(3)19-45(38(47)37(28)46)32-18-25-10-11-26(39(48)49)17-31(25)43(32)6/h10-13,15-18,22H,8-9,14,19H2,1-7H3,(H,48,49). The molecule has 1 aliphatic heterocycles. The molecule has 0 bridgehead atoms. The summed E-state index contributed by atoms with van der Waals surface area (Å²) in [5.74, 6) is 0.355. The van der Waals surface area contributed by atoms with Gasteiger partial charge in [-0.15, -0.1) is 0 Å². The van der Waals surface area contributed by atoms with Crippen LogP contribution in [-0.4, -0.2) is 49.0 Å². The van der Waals surface area contributed by atoms with Crippen molar-refractivity contribution in [3.05, 3.63) is 97.9 Å². The second-order valence-electron chi connectivity index (χ2n) is 13.4. The van der Waals surface area contributed by atoms with Crippen LogP contribution in [0.15, 0.2) is 48.5 Å². The predicted molar refractivity (Wildman–Crippen MR) is 200 cm³/mol. The summed E-state index contributed by atoms with van der Waals surface area (Å²) in [5.41, 5.74) is 9.06. The first-order valence-electron chi connectivity index (χ1n) is 16.7. The van der Waals surface area contributed by atoms with E-state index in [0.29, 0.717) is 42.5 Å². The zero-order chi connectivity index (χ0) is 35.8. The molecule has 7 rings (SSSR count). The maximum atomic E-state index is 14.9. The lowest BCUT2D eigenvalue weighted by molar-refractivity contribution is 0.0696. The number of carbonyl (C=O) groups is 2. The fourth-order valence-electron chi connectivity index (χ4n) is 7.63. The first-order chi connectivity index (χ1) is 23.8. The monoisotopic (exact) mass is 711 g/mol. The van der Waals surface area contributed by atoms with Gasteiger partial charge in [0.2, 0.25) is 0 Å². The van der Waals surface area contributed by atoms with Crippen LogP contribution in [0.25, 0.3) is 32.9 Å². The van der Waals surface area contributed by atoms with Gasteiger partial charge in [0.1, 0.15) is 17.3 Å². The summed E-state index contributed by atoms with van der Waals surface area (Å²) in [6, 6.07) is 14.7. The van der Waals surface area contributed by atoms with Crippen LogP contribution in [0.2, 0.25) is 10.0 Å². The van der Waals surface area contributed by atoms with Crippen molar-refractivity contribution in [1.29, 1.82) is 0 Å². The molecule has 0 saturated heterocycles. The maximum absolute atomic E-state index is 14.9. The number of hydrogen-bond donors (Lipinski definition) is 1. The van der Waals surface area contributed by atoms with Crippen molar-refractivity contribution in [1.82, 2.24) is 18.9 Å². The number of carboxylic acids is 1. The van der Waals surface area contributed by atoms with E-state index < -0.39 is 5.97 Å². The SMILES string of the molecule is Cc1cc(OCCCc2c3n(c4c(-c5c(C)nn(C)c5C)c(Cl)ccc24)C(C)CN(c2cc4ccc(C(=O)O)cc4n2C)C3=O)cc(C)c1Cl. The molecule has 6 aromatic rings. The van der Waals surface area contributed by atoms with Crippen LogP contribution >= 0.6 is 23.2 Å². The minimum atomic E-state index is -0.995. The van der Waals surface area contributed by atoms with Crippen molar-refractivity contribution in [2.24, 2.45) is 14.1 Å². The Hall–Kier alpha value is -4.73. The van der Waals surface area contributed by atoms with E-state index in [2.05, 4.69) is 11.5 Å². The Morgan fingerprint density at radius 1 is 1.00 bits per heavy atom. The summed E-state index contributed by atoms with van der Waals surface area (Å²) in [6.45, 7) is 11.0. The quantitative estimate of drug-likeness (QED) is 0.159. The van der Waals surface area contributed by atoms with E-state index in [4.69, 9.17) is 33.0 Å². The average molecular weight is 713 g/mol. The molecule has 4 heterocycles. The molecule has 3 aromatic carbocycles. The Morgan fingerprint density at radius 3 is 2.38 bits per heavy atom. The Balaban J connectivity index is 1.36. The van der Waals surface area contributed by atoms with Gasteiger partial charge in [-0.2, -0.15) is 5.10 Å². The molecule has 0 fully saturated rings. The van der Waals surface area contributed by atoms with Crippen molar-refractivity contribution >= 4 is 62.7 Å². The zero-order valence-corrected chi connectivity index (χ0v) is 30.7. The fraction of sp³-hybridized carbons (Fsp3) is 0.308. The number of aryl methyl sites for hydroxylation is 6. The van der Waals surface area contributed by atoms with Crippen molar-refractivity contribution in [2.45, 2.75) is 53.5 Å². The number of nitrogens with zero attached hydrogens (tertiary/aromatic N) is 5. The lowest BCUT2D eigenvalue weighted by atomic mass is 9.98. The molecule has 1 aliphatic rings. The molecular formula is C39H39Cl2N5O4. The number of aromatic nitrogens is 4. The molecule has 1 amide bonds. The highest BCUT2D eigenvalue weighted by molar-refractivity contribution is 6.35. The molecule has 11 heteroatoms. The minimum absolute atomic E-state index is 0.114. The highest BCUT2D eigenvalue weighted by Gasteiger charge is 2.37. The molecule has 1 unspecified atom stereocenters. The number of anilines is 1. The number of ether oxygens (including phenoxy) is 1. The van der Waals surface area contributed by atoms with Crippen LogP contribution < -0.4 is 9.64 Å². The van der Waals surface area contributed by atoms with Gasteiger partial charge in [-0.05, 0) is 101 Å². The van der Waals surface area contributed by atoms with E-state index in [1.165, 1.54) is 0 Å². The molecule has 0 radical (unpaired) electrons. The summed E-state index contributed by atoms with van der Waals surface area (Å²) in [7, 11) is 3.80. The van der Waals surface area contributed by atoms with E-state index in [9.17, 15) is 14.7 Å². The number of benzene rings is 3. The molecule has 50 heavy (non-hydrogen) atoms. The molecule has 1 N–H and O–H groups in total. The number of amides is 1. The first-order valence-corrected chi connectivity index (χ1v) is 17.4. The topological polar surface area (TPSA) is 94.5 Å². The van der Waals surface area contributed by atoms with Crippen molar-refractivity contribution in [3.63, 3.8) is 0 Å². The van der Waals surface area contributed by atoms with Crippen LogP contribution in [0.3, 0.4) is 0 Å². The Morgan fingerprint density at radius 2 is 1.72 bits per heavy atom. The average Bonchev–Trinajstić information content (AvgIpc) is 3.67. The van der Waals surface area contributed by atoms with Crippen molar-refractivity contribution in [3.8, 4) is 16.9 Å². The van der Waals surface area contributed by atoms with Gasteiger partial charge in [0, 0.05) is 59.3 Å². The second-order valence-corrected chi connectivity index (χ2v) is 14.2. The summed E-state index contributed by atoms with van der Waals surface area (Å²) in [5, 5.41) is 17.5. The van der Waals surface area contributed by atoms with Gasteiger partial charge in [-0.1, -0.05) is 35.3 Å². The Bertz CT molecular complexity index is 2360. The van der Waals surface area contributed by atoms with Gasteiger partial charge in [0.15, 0.2) is 0 Å². The normalized spacial score (nSPS) is 14.6. The summed E-state index contributed by atoms with van der Waals surface area (Å²) in [4.78, 5) is 28.5.